The second-order valence-electron chi connectivity index (χ2n) is 5.39. The molecule has 1 aromatic carbocycles. The summed E-state index contributed by atoms with van der Waals surface area (Å²) < 4.78 is 14.9. The van der Waals surface area contributed by atoms with Gasteiger partial charge in [0.1, 0.15) is 4.99 Å². The van der Waals surface area contributed by atoms with E-state index in [-0.39, 0.29) is 10.8 Å². The average Bonchev–Trinajstić information content (AvgIpc) is 2.38. The van der Waals surface area contributed by atoms with Crippen LogP contribution in [0.5, 0.6) is 0 Å². The van der Waals surface area contributed by atoms with Crippen LogP contribution in [-0.4, -0.2) is 42.1 Å². The van der Waals surface area contributed by atoms with Gasteiger partial charge in [0.05, 0.1) is 10.2 Å². The lowest BCUT2D eigenvalue weighted by Gasteiger charge is -2.43. The van der Waals surface area contributed by atoms with Gasteiger partial charge in [0.25, 0.3) is 0 Å². The summed E-state index contributed by atoms with van der Waals surface area (Å²) in [5.74, 6) is -0.292. The van der Waals surface area contributed by atoms with Gasteiger partial charge in [-0.05, 0) is 49.0 Å². The van der Waals surface area contributed by atoms with Crippen LogP contribution in [0.3, 0.4) is 0 Å². The Bertz CT molecular complexity index is 525. The molecule has 6 heteroatoms. The Kier molecular flexibility index (Phi) is 4.66. The van der Waals surface area contributed by atoms with Crippen LogP contribution >= 0.6 is 28.1 Å². The Morgan fingerprint density at radius 1 is 1.35 bits per heavy atom. The van der Waals surface area contributed by atoms with E-state index in [1.54, 1.807) is 12.1 Å². The van der Waals surface area contributed by atoms with Crippen molar-refractivity contribution < 1.29 is 4.39 Å². The van der Waals surface area contributed by atoms with Crippen LogP contribution < -0.4 is 10.6 Å². The van der Waals surface area contributed by atoms with Gasteiger partial charge in [-0.1, -0.05) is 12.2 Å². The molecule has 1 aromatic rings. The van der Waals surface area contributed by atoms with Crippen LogP contribution in [0.2, 0.25) is 0 Å². The van der Waals surface area contributed by atoms with E-state index in [2.05, 4.69) is 46.6 Å². The van der Waals surface area contributed by atoms with E-state index in [4.69, 9.17) is 18.0 Å². The molecule has 0 bridgehead atoms. The van der Waals surface area contributed by atoms with Gasteiger partial charge in [-0.3, -0.25) is 4.90 Å². The summed E-state index contributed by atoms with van der Waals surface area (Å²) in [4.78, 5) is 4.59. The first kappa shape index (κ1) is 15.7. The number of piperazine rings is 1. The largest absolute Gasteiger partial charge is 0.389 e. The fraction of sp³-hybridized carbons (Fsp3) is 0.500. The van der Waals surface area contributed by atoms with Crippen molar-refractivity contribution in [1.29, 1.82) is 0 Å². The minimum atomic E-state index is -0.292. The van der Waals surface area contributed by atoms with Gasteiger partial charge in [-0.2, -0.15) is 0 Å². The summed E-state index contributed by atoms with van der Waals surface area (Å²) in [7, 11) is 2.11. The number of hydrogen-bond acceptors (Lipinski definition) is 3. The molecule has 0 aliphatic carbocycles. The van der Waals surface area contributed by atoms with Crippen LogP contribution in [-0.2, 0) is 0 Å². The normalized spacial score (nSPS) is 23.9. The fourth-order valence-corrected chi connectivity index (χ4v) is 3.43. The van der Waals surface area contributed by atoms with Gasteiger partial charge in [0.2, 0.25) is 0 Å². The Labute approximate surface area is 133 Å². The summed E-state index contributed by atoms with van der Waals surface area (Å²) in [6.07, 6.45) is 0. The molecular weight excluding hydrogens is 341 g/mol. The smallest absolute Gasteiger partial charge is 0.161 e. The molecule has 0 saturated carbocycles. The zero-order valence-electron chi connectivity index (χ0n) is 11.9. The van der Waals surface area contributed by atoms with E-state index in [0.29, 0.717) is 27.8 Å². The predicted molar refractivity (Wildman–Crippen MR) is 88.9 cm³/mol. The van der Waals surface area contributed by atoms with Crippen LogP contribution in [0.4, 0.5) is 10.1 Å². The zero-order chi connectivity index (χ0) is 15.0. The van der Waals surface area contributed by atoms with Crippen molar-refractivity contribution in [2.24, 2.45) is 5.73 Å². The van der Waals surface area contributed by atoms with Gasteiger partial charge in [-0.15, -0.1) is 0 Å². The Morgan fingerprint density at radius 2 is 1.90 bits per heavy atom. The maximum Gasteiger partial charge on any atom is 0.161 e. The van der Waals surface area contributed by atoms with E-state index < -0.39 is 0 Å². The highest BCUT2D eigenvalue weighted by molar-refractivity contribution is 9.10. The highest BCUT2D eigenvalue weighted by Gasteiger charge is 2.28. The summed E-state index contributed by atoms with van der Waals surface area (Å²) in [5.41, 5.74) is 6.73. The number of hydrogen-bond donors (Lipinski definition) is 1. The Hall–Kier alpha value is -0.720. The number of benzene rings is 1. The summed E-state index contributed by atoms with van der Waals surface area (Å²) in [5, 5.41) is 0. The molecule has 2 atom stereocenters. The molecule has 1 saturated heterocycles. The SMILES string of the molecule is CC1CN(c2ccc(C(N)=S)c(Br)c2F)CC(C)N1C. The lowest BCUT2D eigenvalue weighted by Crippen LogP contribution is -2.55. The first-order valence-corrected chi connectivity index (χ1v) is 7.77. The van der Waals surface area contributed by atoms with E-state index in [1.807, 2.05) is 0 Å². The van der Waals surface area contributed by atoms with Crippen LogP contribution in [0.1, 0.15) is 19.4 Å². The molecule has 2 rings (SSSR count). The number of likely N-dealkylation sites (N-methyl/N-ethyl adjacent to an activating group) is 1. The molecule has 0 spiro atoms. The van der Waals surface area contributed by atoms with Crippen LogP contribution in [0.25, 0.3) is 0 Å². The van der Waals surface area contributed by atoms with Gasteiger partial charge in [0, 0.05) is 30.7 Å². The number of anilines is 1. The third-order valence-electron chi connectivity index (χ3n) is 4.03. The highest BCUT2D eigenvalue weighted by atomic mass is 79.9. The van der Waals surface area contributed by atoms with E-state index in [0.717, 1.165) is 13.1 Å². The van der Waals surface area contributed by atoms with Gasteiger partial charge < -0.3 is 10.6 Å². The number of nitrogens with two attached hydrogens (primary N) is 1. The molecule has 1 fully saturated rings. The van der Waals surface area contributed by atoms with Crippen LogP contribution in [0.15, 0.2) is 16.6 Å². The molecule has 0 aromatic heterocycles. The Balaban J connectivity index is 2.34. The second kappa shape index (κ2) is 5.95. The molecule has 0 amide bonds. The molecule has 1 aliphatic rings. The number of nitrogens with zero attached hydrogens (tertiary/aromatic N) is 2. The van der Waals surface area contributed by atoms with Crippen molar-refractivity contribution in [2.45, 2.75) is 25.9 Å². The van der Waals surface area contributed by atoms with Crippen molar-refractivity contribution in [3.05, 3.63) is 28.0 Å². The number of halogens is 2. The lowest BCUT2D eigenvalue weighted by atomic mass is 10.1. The summed E-state index contributed by atoms with van der Waals surface area (Å²) in [6, 6.07) is 4.30. The molecule has 2 N–H and O–H groups in total. The zero-order valence-corrected chi connectivity index (χ0v) is 14.3. The average molecular weight is 360 g/mol. The monoisotopic (exact) mass is 359 g/mol. The molecule has 110 valence electrons. The van der Waals surface area contributed by atoms with Gasteiger partial charge >= 0.3 is 0 Å². The van der Waals surface area contributed by atoms with E-state index in [1.165, 1.54) is 0 Å². The molecule has 1 aliphatic heterocycles. The maximum absolute atomic E-state index is 14.5. The summed E-state index contributed by atoms with van der Waals surface area (Å²) in [6.45, 7) is 5.91. The maximum atomic E-state index is 14.5. The first-order chi connectivity index (χ1) is 9.32. The quantitative estimate of drug-likeness (QED) is 0.823. The van der Waals surface area contributed by atoms with Crippen molar-refractivity contribution >= 4 is 38.8 Å². The molecule has 3 nitrogen and oxygen atoms in total. The van der Waals surface area contributed by atoms with Crippen molar-refractivity contribution in [1.82, 2.24) is 4.90 Å². The molecule has 0 radical (unpaired) electrons. The Morgan fingerprint density at radius 3 is 2.40 bits per heavy atom. The second-order valence-corrected chi connectivity index (χ2v) is 6.63. The third kappa shape index (κ3) is 2.82. The molecule has 2 unspecified atom stereocenters. The topological polar surface area (TPSA) is 32.5 Å². The fourth-order valence-electron chi connectivity index (χ4n) is 2.57. The van der Waals surface area contributed by atoms with Crippen molar-refractivity contribution in [3.63, 3.8) is 0 Å². The summed E-state index contributed by atoms with van der Waals surface area (Å²) >= 11 is 8.18. The molecule has 1 heterocycles. The van der Waals surface area contributed by atoms with Crippen LogP contribution in [0, 0.1) is 5.82 Å². The minimum Gasteiger partial charge on any atom is -0.389 e. The lowest BCUT2D eigenvalue weighted by molar-refractivity contribution is 0.169. The number of rotatable bonds is 2. The van der Waals surface area contributed by atoms with E-state index >= 15 is 0 Å². The highest BCUT2D eigenvalue weighted by Crippen LogP contribution is 2.31. The third-order valence-corrected chi connectivity index (χ3v) is 5.02. The van der Waals surface area contributed by atoms with E-state index in [9.17, 15) is 4.39 Å². The first-order valence-electron chi connectivity index (χ1n) is 6.57. The standard InChI is InChI=1S/C14H19BrFN3S/c1-8-6-19(7-9(2)18(8)3)11-5-4-10(14(17)20)12(15)13(11)16/h4-5,8-9H,6-7H2,1-3H3,(H2,17,20). The number of thiocarbonyl (C=S) groups is 1. The van der Waals surface area contributed by atoms with Gasteiger partial charge in [-0.25, -0.2) is 4.39 Å². The van der Waals surface area contributed by atoms with Gasteiger partial charge in [0.15, 0.2) is 5.82 Å². The molecule has 20 heavy (non-hydrogen) atoms. The molecular formula is C14H19BrFN3S. The van der Waals surface area contributed by atoms with Crippen molar-refractivity contribution in [3.8, 4) is 0 Å². The minimum absolute atomic E-state index is 0.197. The van der Waals surface area contributed by atoms with Crippen molar-refractivity contribution in [2.75, 3.05) is 25.0 Å². The predicted octanol–water partition coefficient (Wildman–Crippen LogP) is 2.75.